The molecule has 0 aromatic rings. The van der Waals surface area contributed by atoms with E-state index in [1.165, 1.54) is 0 Å². The Morgan fingerprint density at radius 3 is 2.54 bits per heavy atom. The first-order chi connectivity index (χ1) is 6.18. The Bertz CT molecular complexity index is 165. The van der Waals surface area contributed by atoms with Gasteiger partial charge in [0.25, 0.3) is 0 Å². The van der Waals surface area contributed by atoms with Crippen molar-refractivity contribution in [3.05, 3.63) is 0 Å². The van der Waals surface area contributed by atoms with Gasteiger partial charge in [-0.15, -0.1) is 0 Å². The van der Waals surface area contributed by atoms with Gasteiger partial charge in [-0.3, -0.25) is 5.32 Å². The second kappa shape index (κ2) is 6.88. The van der Waals surface area contributed by atoms with Crippen LogP contribution in [0.5, 0.6) is 0 Å². The topological polar surface area (TPSA) is 45.0 Å². The maximum atomic E-state index is 8.90. The van der Waals surface area contributed by atoms with E-state index in [1.54, 1.807) is 0 Å². The molecule has 0 saturated heterocycles. The van der Waals surface area contributed by atoms with Crippen LogP contribution in [0.25, 0.3) is 0 Å². The molecule has 0 spiro atoms. The molecule has 3 nitrogen and oxygen atoms in total. The first-order valence-electron chi connectivity index (χ1n) is 4.92. The summed E-state index contributed by atoms with van der Waals surface area (Å²) in [5, 5.41) is 12.0. The minimum atomic E-state index is -0.428. The van der Waals surface area contributed by atoms with Gasteiger partial charge in [-0.1, -0.05) is 13.8 Å². The summed E-state index contributed by atoms with van der Waals surface area (Å²) in [6, 6.07) is 2.27. The largest absolute Gasteiger partial charge is 0.381 e. The molecule has 0 amide bonds. The van der Waals surface area contributed by atoms with Gasteiger partial charge in [0.2, 0.25) is 0 Å². The van der Waals surface area contributed by atoms with Crippen molar-refractivity contribution in [3.8, 4) is 6.07 Å². The van der Waals surface area contributed by atoms with Crippen LogP contribution in [0, 0.1) is 11.3 Å². The normalized spacial score (nSPS) is 14.9. The fourth-order valence-corrected chi connectivity index (χ4v) is 1.10. The molecule has 0 saturated carbocycles. The summed E-state index contributed by atoms with van der Waals surface area (Å²) in [7, 11) is 0. The zero-order chi connectivity index (χ0) is 10.2. The number of rotatable bonds is 7. The monoisotopic (exact) mass is 184 g/mol. The highest BCUT2D eigenvalue weighted by Gasteiger charge is 2.21. The summed E-state index contributed by atoms with van der Waals surface area (Å²) in [4.78, 5) is 0. The molecule has 0 aliphatic carbocycles. The van der Waals surface area contributed by atoms with Gasteiger partial charge in [0, 0.05) is 19.6 Å². The van der Waals surface area contributed by atoms with Crippen molar-refractivity contribution in [2.75, 3.05) is 19.8 Å². The number of nitriles is 1. The highest BCUT2D eigenvalue weighted by Crippen LogP contribution is 2.07. The predicted molar refractivity (Wildman–Crippen MR) is 53.4 cm³/mol. The van der Waals surface area contributed by atoms with E-state index in [0.29, 0.717) is 6.61 Å². The maximum absolute atomic E-state index is 8.90. The van der Waals surface area contributed by atoms with Crippen molar-refractivity contribution in [3.63, 3.8) is 0 Å². The first kappa shape index (κ1) is 12.4. The molecule has 0 fully saturated rings. The van der Waals surface area contributed by atoms with Gasteiger partial charge >= 0.3 is 0 Å². The summed E-state index contributed by atoms with van der Waals surface area (Å²) in [5.41, 5.74) is -0.428. The summed E-state index contributed by atoms with van der Waals surface area (Å²) >= 11 is 0. The fourth-order valence-electron chi connectivity index (χ4n) is 1.10. The van der Waals surface area contributed by atoms with Crippen LogP contribution < -0.4 is 5.32 Å². The molecular formula is C10H20N2O. The van der Waals surface area contributed by atoms with E-state index < -0.39 is 5.54 Å². The van der Waals surface area contributed by atoms with E-state index in [2.05, 4.69) is 18.3 Å². The van der Waals surface area contributed by atoms with Gasteiger partial charge in [-0.25, -0.2) is 0 Å². The lowest BCUT2D eigenvalue weighted by atomic mass is 10.0. The highest BCUT2D eigenvalue weighted by atomic mass is 16.5. The molecule has 1 unspecified atom stereocenters. The van der Waals surface area contributed by atoms with Crippen LogP contribution in [-0.4, -0.2) is 25.3 Å². The minimum Gasteiger partial charge on any atom is -0.381 e. The van der Waals surface area contributed by atoms with Gasteiger partial charge in [0.1, 0.15) is 5.54 Å². The van der Waals surface area contributed by atoms with Crippen LogP contribution in [0.15, 0.2) is 0 Å². The van der Waals surface area contributed by atoms with Crippen molar-refractivity contribution in [2.24, 2.45) is 0 Å². The van der Waals surface area contributed by atoms with Crippen molar-refractivity contribution in [1.82, 2.24) is 5.32 Å². The summed E-state index contributed by atoms with van der Waals surface area (Å²) in [5.74, 6) is 0. The number of nitrogens with zero attached hydrogens (tertiary/aromatic N) is 1. The second-order valence-corrected chi connectivity index (χ2v) is 3.34. The van der Waals surface area contributed by atoms with Crippen molar-refractivity contribution < 1.29 is 4.74 Å². The number of hydrogen-bond donors (Lipinski definition) is 1. The lowest BCUT2D eigenvalue weighted by Gasteiger charge is -2.22. The number of ether oxygens (including phenoxy) is 1. The van der Waals surface area contributed by atoms with Crippen molar-refractivity contribution in [2.45, 2.75) is 39.2 Å². The average molecular weight is 184 g/mol. The zero-order valence-electron chi connectivity index (χ0n) is 8.89. The molecule has 0 aliphatic rings. The van der Waals surface area contributed by atoms with E-state index in [4.69, 9.17) is 10.00 Å². The van der Waals surface area contributed by atoms with Crippen LogP contribution in [-0.2, 0) is 4.74 Å². The van der Waals surface area contributed by atoms with Crippen LogP contribution in [0.2, 0.25) is 0 Å². The molecule has 0 heterocycles. The molecule has 0 bridgehead atoms. The third-order valence-electron chi connectivity index (χ3n) is 1.91. The Hall–Kier alpha value is -0.590. The van der Waals surface area contributed by atoms with E-state index in [9.17, 15) is 0 Å². The Labute approximate surface area is 81.1 Å². The smallest absolute Gasteiger partial charge is 0.106 e. The Morgan fingerprint density at radius 1 is 1.38 bits per heavy atom. The summed E-state index contributed by atoms with van der Waals surface area (Å²) in [6.07, 6.45) is 1.78. The standard InChI is InChI=1S/C10H20N2O/c1-4-7-13-8-6-10(3,9-11)12-5-2/h12H,4-8H2,1-3H3. The van der Waals surface area contributed by atoms with Gasteiger partial charge < -0.3 is 4.74 Å². The van der Waals surface area contributed by atoms with Gasteiger partial charge in [-0.05, 0) is 19.9 Å². The van der Waals surface area contributed by atoms with Gasteiger partial charge in [-0.2, -0.15) is 5.26 Å². The van der Waals surface area contributed by atoms with E-state index >= 15 is 0 Å². The molecular weight excluding hydrogens is 164 g/mol. The van der Waals surface area contributed by atoms with Crippen LogP contribution >= 0.6 is 0 Å². The van der Waals surface area contributed by atoms with E-state index in [0.717, 1.165) is 26.0 Å². The summed E-state index contributed by atoms with van der Waals surface area (Å²) in [6.45, 7) is 8.25. The van der Waals surface area contributed by atoms with Gasteiger partial charge in [0.15, 0.2) is 0 Å². The molecule has 0 aromatic carbocycles. The average Bonchev–Trinajstić information content (AvgIpc) is 2.13. The van der Waals surface area contributed by atoms with E-state index in [-0.39, 0.29) is 0 Å². The molecule has 3 heteroatoms. The van der Waals surface area contributed by atoms with Crippen molar-refractivity contribution >= 4 is 0 Å². The molecule has 0 rings (SSSR count). The molecule has 13 heavy (non-hydrogen) atoms. The van der Waals surface area contributed by atoms with E-state index in [1.807, 2.05) is 13.8 Å². The number of hydrogen-bond acceptors (Lipinski definition) is 3. The molecule has 1 atom stereocenters. The zero-order valence-corrected chi connectivity index (χ0v) is 8.89. The Morgan fingerprint density at radius 2 is 2.08 bits per heavy atom. The number of nitrogens with one attached hydrogen (secondary N) is 1. The highest BCUT2D eigenvalue weighted by molar-refractivity contribution is 5.03. The fraction of sp³-hybridized carbons (Fsp3) is 0.900. The van der Waals surface area contributed by atoms with Crippen LogP contribution in [0.1, 0.15) is 33.6 Å². The third kappa shape index (κ3) is 5.62. The lowest BCUT2D eigenvalue weighted by molar-refractivity contribution is 0.119. The Kier molecular flexibility index (Phi) is 6.56. The molecule has 0 aliphatic heterocycles. The predicted octanol–water partition coefficient (Wildman–Crippen LogP) is 1.69. The Balaban J connectivity index is 3.65. The minimum absolute atomic E-state index is 0.428. The second-order valence-electron chi connectivity index (χ2n) is 3.34. The van der Waals surface area contributed by atoms with Crippen LogP contribution in [0.4, 0.5) is 0 Å². The third-order valence-corrected chi connectivity index (χ3v) is 1.91. The maximum Gasteiger partial charge on any atom is 0.106 e. The van der Waals surface area contributed by atoms with Crippen LogP contribution in [0.3, 0.4) is 0 Å². The van der Waals surface area contributed by atoms with Crippen molar-refractivity contribution in [1.29, 1.82) is 5.26 Å². The molecule has 0 radical (unpaired) electrons. The quantitative estimate of drug-likeness (QED) is 0.612. The molecule has 1 N–H and O–H groups in total. The molecule has 0 aromatic heterocycles. The lowest BCUT2D eigenvalue weighted by Crippen LogP contribution is -2.41. The first-order valence-corrected chi connectivity index (χ1v) is 4.92. The van der Waals surface area contributed by atoms with Gasteiger partial charge in [0.05, 0.1) is 6.07 Å². The SMILES string of the molecule is CCCOCCC(C)(C#N)NCC. The summed E-state index contributed by atoms with van der Waals surface area (Å²) < 4.78 is 5.34. The molecule has 76 valence electrons.